The molecule has 3 rings (SSSR count). The molecule has 0 heterocycles. The summed E-state index contributed by atoms with van der Waals surface area (Å²) >= 11 is 12.6. The maximum atomic E-state index is 14.2. The van der Waals surface area contributed by atoms with Gasteiger partial charge in [-0.05, 0) is 67.8 Å². The molecule has 3 aromatic carbocycles. The monoisotopic (exact) mass is 649 g/mol. The van der Waals surface area contributed by atoms with Gasteiger partial charge in [0.05, 0.1) is 24.8 Å². The number of halogens is 2. The molecule has 12 heteroatoms. The van der Waals surface area contributed by atoms with Crippen molar-refractivity contribution in [2.45, 2.75) is 57.1 Å². The number of sulfonamides is 1. The van der Waals surface area contributed by atoms with Gasteiger partial charge in [-0.2, -0.15) is 0 Å². The second-order valence-electron chi connectivity index (χ2n) is 9.86. The van der Waals surface area contributed by atoms with E-state index >= 15 is 0 Å². The number of nitrogens with zero attached hydrogens (tertiary/aromatic N) is 2. The van der Waals surface area contributed by atoms with E-state index in [2.05, 4.69) is 5.32 Å². The molecule has 0 saturated carbocycles. The Morgan fingerprint density at radius 1 is 0.907 bits per heavy atom. The largest absolute Gasteiger partial charge is 0.493 e. The molecule has 2 amide bonds. The molecule has 0 saturated heterocycles. The highest BCUT2D eigenvalue weighted by Crippen LogP contribution is 2.33. The third-order valence-electron chi connectivity index (χ3n) is 7.02. The number of anilines is 1. The van der Waals surface area contributed by atoms with Gasteiger partial charge in [0, 0.05) is 28.7 Å². The third kappa shape index (κ3) is 8.34. The number of methoxy groups -OCH3 is 2. The summed E-state index contributed by atoms with van der Waals surface area (Å²) < 4.78 is 39.9. The van der Waals surface area contributed by atoms with Gasteiger partial charge in [0.15, 0.2) is 11.5 Å². The number of benzene rings is 3. The lowest BCUT2D eigenvalue weighted by atomic mass is 10.1. The summed E-state index contributed by atoms with van der Waals surface area (Å²) in [5.74, 6) is -0.373. The van der Waals surface area contributed by atoms with Crippen molar-refractivity contribution in [3.63, 3.8) is 0 Å². The minimum Gasteiger partial charge on any atom is -0.493 e. The van der Waals surface area contributed by atoms with Crippen LogP contribution >= 0.6 is 23.2 Å². The molecule has 0 radical (unpaired) electrons. The van der Waals surface area contributed by atoms with Crippen LogP contribution in [-0.4, -0.2) is 58.0 Å². The Labute approximate surface area is 263 Å². The van der Waals surface area contributed by atoms with E-state index in [9.17, 15) is 18.0 Å². The lowest BCUT2D eigenvalue weighted by molar-refractivity contribution is -0.140. The Morgan fingerprint density at radius 2 is 1.56 bits per heavy atom. The van der Waals surface area contributed by atoms with Gasteiger partial charge in [-0.3, -0.25) is 13.9 Å². The fraction of sp³-hybridized carbons (Fsp3) is 0.355. The predicted octanol–water partition coefficient (Wildman–Crippen LogP) is 5.93. The molecule has 0 unspecified atom stereocenters. The molecule has 0 aliphatic rings. The second-order valence-corrected chi connectivity index (χ2v) is 12.6. The number of amides is 2. The van der Waals surface area contributed by atoms with E-state index in [0.717, 1.165) is 4.31 Å². The Morgan fingerprint density at radius 3 is 2.14 bits per heavy atom. The van der Waals surface area contributed by atoms with Crippen molar-refractivity contribution in [3.05, 3.63) is 82.3 Å². The Kier molecular flexibility index (Phi) is 12.1. The number of hydrogen-bond acceptors (Lipinski definition) is 6. The van der Waals surface area contributed by atoms with Crippen molar-refractivity contribution in [1.82, 2.24) is 10.2 Å². The van der Waals surface area contributed by atoms with Crippen molar-refractivity contribution in [2.24, 2.45) is 0 Å². The van der Waals surface area contributed by atoms with E-state index in [1.54, 1.807) is 31.2 Å². The van der Waals surface area contributed by atoms with Crippen LogP contribution in [0.15, 0.2) is 71.6 Å². The van der Waals surface area contributed by atoms with Crippen molar-refractivity contribution >= 4 is 50.7 Å². The normalized spacial score (nSPS) is 12.6. The Hall–Kier alpha value is -3.47. The SMILES string of the molecule is CC[C@H](C)NC(=O)[C@H](CC)N(Cc1ccccc1Cl)C(=O)CN(c1ccc(Cl)cc1)S(=O)(=O)c1ccc(OC)c(OC)c1. The lowest BCUT2D eigenvalue weighted by Crippen LogP contribution is -2.53. The molecule has 232 valence electrons. The van der Waals surface area contributed by atoms with E-state index in [0.29, 0.717) is 34.2 Å². The summed E-state index contributed by atoms with van der Waals surface area (Å²) in [6.07, 6.45) is 0.996. The molecule has 3 aromatic rings. The van der Waals surface area contributed by atoms with Crippen LogP contribution in [0.1, 0.15) is 39.2 Å². The zero-order valence-corrected chi connectivity index (χ0v) is 27.2. The second kappa shape index (κ2) is 15.3. The summed E-state index contributed by atoms with van der Waals surface area (Å²) in [6, 6.07) is 16.3. The molecular formula is C31H37Cl2N3O6S. The molecule has 1 N–H and O–H groups in total. The van der Waals surface area contributed by atoms with Crippen LogP contribution in [0.25, 0.3) is 0 Å². The van der Waals surface area contributed by atoms with Crippen LogP contribution in [0, 0.1) is 0 Å². The summed E-state index contributed by atoms with van der Waals surface area (Å²) in [6.45, 7) is 5.02. The first-order valence-electron chi connectivity index (χ1n) is 13.8. The summed E-state index contributed by atoms with van der Waals surface area (Å²) in [4.78, 5) is 28.9. The average molecular weight is 651 g/mol. The molecular weight excluding hydrogens is 613 g/mol. The zero-order chi connectivity index (χ0) is 31.7. The van der Waals surface area contributed by atoms with Crippen LogP contribution in [0.4, 0.5) is 5.69 Å². The maximum absolute atomic E-state index is 14.2. The molecule has 0 aromatic heterocycles. The summed E-state index contributed by atoms with van der Waals surface area (Å²) in [7, 11) is -1.49. The molecule has 0 aliphatic heterocycles. The van der Waals surface area contributed by atoms with Crippen LogP contribution < -0.4 is 19.1 Å². The zero-order valence-electron chi connectivity index (χ0n) is 24.8. The third-order valence-corrected chi connectivity index (χ3v) is 9.41. The fourth-order valence-corrected chi connectivity index (χ4v) is 6.16. The Bertz CT molecular complexity index is 1520. The van der Waals surface area contributed by atoms with Gasteiger partial charge in [0.2, 0.25) is 11.8 Å². The first kappa shape index (κ1) is 34.0. The first-order chi connectivity index (χ1) is 20.5. The average Bonchev–Trinajstić information content (AvgIpc) is 3.00. The highest BCUT2D eigenvalue weighted by Gasteiger charge is 2.34. The molecule has 0 spiro atoms. The topological polar surface area (TPSA) is 105 Å². The highest BCUT2D eigenvalue weighted by molar-refractivity contribution is 7.92. The smallest absolute Gasteiger partial charge is 0.264 e. The van der Waals surface area contributed by atoms with Gasteiger partial charge >= 0.3 is 0 Å². The van der Waals surface area contributed by atoms with Crippen LogP contribution in [-0.2, 0) is 26.2 Å². The first-order valence-corrected chi connectivity index (χ1v) is 16.0. The van der Waals surface area contributed by atoms with Gasteiger partial charge in [-0.1, -0.05) is 55.2 Å². The fourth-order valence-electron chi connectivity index (χ4n) is 4.41. The van der Waals surface area contributed by atoms with Gasteiger partial charge in [0.25, 0.3) is 10.0 Å². The minimum atomic E-state index is -4.33. The standard InChI is InChI=1S/C31H37Cl2N3O6S/c1-6-21(3)34-31(38)27(7-2)35(19-22-10-8-9-11-26(22)33)30(37)20-36(24-14-12-23(32)13-15-24)43(39,40)25-16-17-28(41-4)29(18-25)42-5/h8-18,21,27H,6-7,19-20H2,1-5H3,(H,34,38)/t21-,27-/m0/s1. The lowest BCUT2D eigenvalue weighted by Gasteiger charge is -2.34. The highest BCUT2D eigenvalue weighted by atomic mass is 35.5. The van der Waals surface area contributed by atoms with Gasteiger partial charge in [-0.25, -0.2) is 8.42 Å². The quantitative estimate of drug-likeness (QED) is 0.232. The van der Waals surface area contributed by atoms with E-state index in [1.807, 2.05) is 13.8 Å². The van der Waals surface area contributed by atoms with Crippen LogP contribution in [0.2, 0.25) is 10.0 Å². The predicted molar refractivity (Wildman–Crippen MR) is 170 cm³/mol. The molecule has 9 nitrogen and oxygen atoms in total. The number of hydrogen-bond donors (Lipinski definition) is 1. The number of carbonyl (C=O) groups excluding carboxylic acids is 2. The number of nitrogens with one attached hydrogen (secondary N) is 1. The minimum absolute atomic E-state index is 0.00416. The van der Waals surface area contributed by atoms with Crippen molar-refractivity contribution in [2.75, 3.05) is 25.1 Å². The van der Waals surface area contributed by atoms with Crippen molar-refractivity contribution in [3.8, 4) is 11.5 Å². The number of carbonyl (C=O) groups is 2. The number of rotatable bonds is 14. The maximum Gasteiger partial charge on any atom is 0.264 e. The van der Waals surface area contributed by atoms with E-state index < -0.39 is 28.5 Å². The number of ether oxygens (including phenoxy) is 2. The summed E-state index contributed by atoms with van der Waals surface area (Å²) in [5.41, 5.74) is 0.829. The molecule has 0 aliphatic carbocycles. The molecule has 43 heavy (non-hydrogen) atoms. The Balaban J connectivity index is 2.10. The molecule has 0 fully saturated rings. The van der Waals surface area contributed by atoms with Gasteiger partial charge in [0.1, 0.15) is 12.6 Å². The van der Waals surface area contributed by atoms with Gasteiger partial charge < -0.3 is 19.7 Å². The van der Waals surface area contributed by atoms with Crippen LogP contribution in [0.3, 0.4) is 0 Å². The van der Waals surface area contributed by atoms with E-state index in [1.165, 1.54) is 61.6 Å². The van der Waals surface area contributed by atoms with Gasteiger partial charge in [-0.15, -0.1) is 0 Å². The summed E-state index contributed by atoms with van der Waals surface area (Å²) in [5, 5.41) is 3.77. The van der Waals surface area contributed by atoms with Crippen molar-refractivity contribution < 1.29 is 27.5 Å². The molecule has 2 atom stereocenters. The molecule has 0 bridgehead atoms. The van der Waals surface area contributed by atoms with Crippen molar-refractivity contribution in [1.29, 1.82) is 0 Å². The van der Waals surface area contributed by atoms with E-state index in [4.69, 9.17) is 32.7 Å². The van der Waals surface area contributed by atoms with E-state index in [-0.39, 0.29) is 34.8 Å². The van der Waals surface area contributed by atoms with Crippen LogP contribution in [0.5, 0.6) is 11.5 Å².